The minimum absolute atomic E-state index is 0.279. The van der Waals surface area contributed by atoms with E-state index in [4.69, 9.17) is 5.11 Å². The minimum atomic E-state index is -0.698. The molecular formula is C11H21N3O2. The second-order valence-electron chi connectivity index (χ2n) is 4.92. The molecule has 0 aromatic rings. The van der Waals surface area contributed by atoms with Gasteiger partial charge in [0, 0.05) is 32.7 Å². The van der Waals surface area contributed by atoms with Crippen LogP contribution in [-0.2, 0) is 4.79 Å². The van der Waals surface area contributed by atoms with Crippen LogP contribution in [0.5, 0.6) is 0 Å². The van der Waals surface area contributed by atoms with Gasteiger partial charge in [-0.25, -0.2) is 0 Å². The number of aliphatic carboxylic acids is 1. The molecule has 0 bridgehead atoms. The van der Waals surface area contributed by atoms with Crippen molar-refractivity contribution in [1.82, 2.24) is 15.1 Å². The Kier molecular flexibility index (Phi) is 3.78. The number of carboxylic acid groups (broad SMARTS) is 1. The summed E-state index contributed by atoms with van der Waals surface area (Å²) in [5.41, 5.74) is 0. The van der Waals surface area contributed by atoms with Crippen molar-refractivity contribution >= 4 is 5.97 Å². The topological polar surface area (TPSA) is 55.8 Å². The number of hydrogen-bond donors (Lipinski definition) is 2. The highest BCUT2D eigenvalue weighted by atomic mass is 16.4. The summed E-state index contributed by atoms with van der Waals surface area (Å²) in [6, 6.07) is -0.334. The average molecular weight is 227 g/mol. The zero-order valence-corrected chi connectivity index (χ0v) is 9.85. The summed E-state index contributed by atoms with van der Waals surface area (Å²) in [4.78, 5) is 15.7. The van der Waals surface area contributed by atoms with E-state index in [1.807, 2.05) is 0 Å². The number of nitrogens with zero attached hydrogens (tertiary/aromatic N) is 2. The van der Waals surface area contributed by atoms with Crippen LogP contribution in [0.4, 0.5) is 0 Å². The van der Waals surface area contributed by atoms with Gasteiger partial charge in [-0.05, 0) is 25.9 Å². The molecule has 0 amide bonds. The normalized spacial score (nSPS) is 33.1. The SMILES string of the molecule is CN1CCN(C[C@H]2CCN[C@@H]2C(=O)O)CC1. The lowest BCUT2D eigenvalue weighted by Crippen LogP contribution is -2.48. The van der Waals surface area contributed by atoms with E-state index in [9.17, 15) is 4.79 Å². The van der Waals surface area contributed by atoms with E-state index in [-0.39, 0.29) is 12.0 Å². The first-order chi connectivity index (χ1) is 7.66. The van der Waals surface area contributed by atoms with E-state index in [2.05, 4.69) is 22.2 Å². The predicted molar refractivity (Wildman–Crippen MR) is 61.5 cm³/mol. The lowest BCUT2D eigenvalue weighted by atomic mass is 10.00. The Morgan fingerprint density at radius 3 is 2.69 bits per heavy atom. The van der Waals surface area contributed by atoms with Crippen LogP contribution in [-0.4, -0.2) is 73.2 Å². The van der Waals surface area contributed by atoms with Crippen molar-refractivity contribution in [2.24, 2.45) is 5.92 Å². The second kappa shape index (κ2) is 5.12. The number of rotatable bonds is 3. The van der Waals surface area contributed by atoms with Gasteiger partial charge in [-0.1, -0.05) is 0 Å². The zero-order chi connectivity index (χ0) is 11.5. The first kappa shape index (κ1) is 11.8. The van der Waals surface area contributed by atoms with E-state index in [1.54, 1.807) is 0 Å². The molecule has 2 aliphatic heterocycles. The molecule has 2 aliphatic rings. The van der Waals surface area contributed by atoms with E-state index in [0.717, 1.165) is 45.7 Å². The number of nitrogens with one attached hydrogen (secondary N) is 1. The largest absolute Gasteiger partial charge is 0.480 e. The highest BCUT2D eigenvalue weighted by molar-refractivity contribution is 5.74. The van der Waals surface area contributed by atoms with Gasteiger partial charge >= 0.3 is 5.97 Å². The molecule has 16 heavy (non-hydrogen) atoms. The zero-order valence-electron chi connectivity index (χ0n) is 9.85. The highest BCUT2D eigenvalue weighted by Gasteiger charge is 2.33. The first-order valence-corrected chi connectivity index (χ1v) is 6.04. The fourth-order valence-electron chi connectivity index (χ4n) is 2.61. The third-order valence-corrected chi connectivity index (χ3v) is 3.71. The number of hydrogen-bond acceptors (Lipinski definition) is 4. The molecule has 0 spiro atoms. The molecule has 92 valence electrons. The van der Waals surface area contributed by atoms with Gasteiger partial charge in [0.2, 0.25) is 0 Å². The van der Waals surface area contributed by atoms with Crippen LogP contribution in [0.1, 0.15) is 6.42 Å². The fourth-order valence-corrected chi connectivity index (χ4v) is 2.61. The molecule has 0 unspecified atom stereocenters. The van der Waals surface area contributed by atoms with Gasteiger partial charge in [-0.15, -0.1) is 0 Å². The number of carbonyl (C=O) groups is 1. The fraction of sp³-hybridized carbons (Fsp3) is 0.909. The maximum absolute atomic E-state index is 11.0. The second-order valence-corrected chi connectivity index (χ2v) is 4.92. The molecule has 2 atom stereocenters. The molecule has 0 aliphatic carbocycles. The molecule has 0 saturated carbocycles. The van der Waals surface area contributed by atoms with Crippen LogP contribution < -0.4 is 5.32 Å². The van der Waals surface area contributed by atoms with E-state index in [1.165, 1.54) is 0 Å². The maximum atomic E-state index is 11.0. The van der Waals surface area contributed by atoms with Crippen LogP contribution in [0, 0.1) is 5.92 Å². The lowest BCUT2D eigenvalue weighted by molar-refractivity contribution is -0.140. The molecular weight excluding hydrogens is 206 g/mol. The molecule has 5 heteroatoms. The molecule has 2 heterocycles. The van der Waals surface area contributed by atoms with Crippen molar-refractivity contribution in [1.29, 1.82) is 0 Å². The minimum Gasteiger partial charge on any atom is -0.480 e. The standard InChI is InChI=1S/C11H21N3O2/c1-13-4-6-14(7-5-13)8-9-2-3-12-10(9)11(15)16/h9-10,12H,2-8H2,1H3,(H,15,16)/t9-,10+/m1/s1. The van der Waals surface area contributed by atoms with Crippen molar-refractivity contribution in [3.05, 3.63) is 0 Å². The third-order valence-electron chi connectivity index (χ3n) is 3.71. The van der Waals surface area contributed by atoms with Crippen molar-refractivity contribution < 1.29 is 9.90 Å². The Balaban J connectivity index is 1.82. The summed E-state index contributed by atoms with van der Waals surface area (Å²) in [6.45, 7) is 6.10. The van der Waals surface area contributed by atoms with Crippen LogP contribution in [0.15, 0.2) is 0 Å². The Bertz CT molecular complexity index is 252. The first-order valence-electron chi connectivity index (χ1n) is 6.04. The quantitative estimate of drug-likeness (QED) is 0.667. The molecule has 2 saturated heterocycles. The van der Waals surface area contributed by atoms with Gasteiger partial charge in [0.1, 0.15) is 6.04 Å². The molecule has 0 aromatic heterocycles. The van der Waals surface area contributed by atoms with Crippen molar-refractivity contribution in [3.8, 4) is 0 Å². The Morgan fingerprint density at radius 2 is 2.06 bits per heavy atom. The molecule has 2 N–H and O–H groups in total. The smallest absolute Gasteiger partial charge is 0.321 e. The maximum Gasteiger partial charge on any atom is 0.321 e. The van der Waals surface area contributed by atoms with Crippen LogP contribution in [0.25, 0.3) is 0 Å². The Morgan fingerprint density at radius 1 is 1.38 bits per heavy atom. The number of likely N-dealkylation sites (N-methyl/N-ethyl adjacent to an activating group) is 1. The average Bonchev–Trinajstić information content (AvgIpc) is 2.69. The van der Waals surface area contributed by atoms with Crippen molar-refractivity contribution in [2.75, 3.05) is 46.3 Å². The molecule has 2 fully saturated rings. The van der Waals surface area contributed by atoms with Crippen LogP contribution in [0.3, 0.4) is 0 Å². The summed E-state index contributed by atoms with van der Waals surface area (Å²) in [6.07, 6.45) is 0.989. The monoisotopic (exact) mass is 227 g/mol. The van der Waals surface area contributed by atoms with Crippen molar-refractivity contribution in [3.63, 3.8) is 0 Å². The Hall–Kier alpha value is -0.650. The summed E-state index contributed by atoms with van der Waals surface area (Å²) >= 11 is 0. The number of carboxylic acids is 1. The van der Waals surface area contributed by atoms with Crippen LogP contribution in [0.2, 0.25) is 0 Å². The molecule has 0 radical (unpaired) electrons. The summed E-state index contributed by atoms with van der Waals surface area (Å²) in [5, 5.41) is 12.1. The molecule has 5 nitrogen and oxygen atoms in total. The van der Waals surface area contributed by atoms with Gasteiger partial charge in [0.15, 0.2) is 0 Å². The van der Waals surface area contributed by atoms with Crippen molar-refractivity contribution in [2.45, 2.75) is 12.5 Å². The third kappa shape index (κ3) is 2.72. The van der Waals surface area contributed by atoms with Gasteiger partial charge < -0.3 is 20.2 Å². The molecule has 2 rings (SSSR count). The van der Waals surface area contributed by atoms with Gasteiger partial charge in [0.25, 0.3) is 0 Å². The lowest BCUT2D eigenvalue weighted by Gasteiger charge is -2.34. The van der Waals surface area contributed by atoms with E-state index < -0.39 is 5.97 Å². The predicted octanol–water partition coefficient (Wildman–Crippen LogP) is -0.703. The van der Waals surface area contributed by atoms with E-state index >= 15 is 0 Å². The van der Waals surface area contributed by atoms with Gasteiger partial charge in [0.05, 0.1) is 0 Å². The van der Waals surface area contributed by atoms with Crippen LogP contribution >= 0.6 is 0 Å². The summed E-state index contributed by atoms with van der Waals surface area (Å²) in [7, 11) is 2.13. The highest BCUT2D eigenvalue weighted by Crippen LogP contribution is 2.18. The summed E-state index contributed by atoms with van der Waals surface area (Å²) < 4.78 is 0. The van der Waals surface area contributed by atoms with Gasteiger partial charge in [-0.2, -0.15) is 0 Å². The van der Waals surface area contributed by atoms with E-state index in [0.29, 0.717) is 0 Å². The molecule has 0 aromatic carbocycles. The van der Waals surface area contributed by atoms with Gasteiger partial charge in [-0.3, -0.25) is 4.79 Å². The Labute approximate surface area is 96.4 Å². The number of piperazine rings is 1. The summed E-state index contributed by atoms with van der Waals surface area (Å²) in [5.74, 6) is -0.419.